The van der Waals surface area contributed by atoms with Gasteiger partial charge in [0.05, 0.1) is 7.11 Å². The number of methoxy groups -OCH3 is 1. The van der Waals surface area contributed by atoms with Gasteiger partial charge in [0.15, 0.2) is 11.5 Å². The lowest BCUT2D eigenvalue weighted by atomic mass is 10.2. The van der Waals surface area contributed by atoms with E-state index in [0.29, 0.717) is 29.3 Å². The first-order valence-electron chi connectivity index (χ1n) is 10.2. The van der Waals surface area contributed by atoms with Crippen LogP contribution in [0.1, 0.15) is 16.8 Å². The Labute approximate surface area is 179 Å². The molecule has 1 N–H and O–H groups in total. The second-order valence-electron chi connectivity index (χ2n) is 7.49. The van der Waals surface area contributed by atoms with Crippen molar-refractivity contribution in [2.45, 2.75) is 12.5 Å². The predicted molar refractivity (Wildman–Crippen MR) is 117 cm³/mol. The SMILES string of the molecule is COc1cccc(C(=O)NC2CCN(c3ccc4nnc(-c5ccccc5)n4n3)C2)c1. The molecule has 0 spiro atoms. The van der Waals surface area contributed by atoms with Crippen molar-refractivity contribution < 1.29 is 9.53 Å². The van der Waals surface area contributed by atoms with Crippen LogP contribution < -0.4 is 15.0 Å². The molecule has 1 unspecified atom stereocenters. The molecule has 1 amide bonds. The Balaban J connectivity index is 1.32. The molecule has 2 aromatic carbocycles. The van der Waals surface area contributed by atoms with Gasteiger partial charge in [-0.15, -0.1) is 15.3 Å². The minimum atomic E-state index is -0.0978. The molecule has 8 nitrogen and oxygen atoms in total. The van der Waals surface area contributed by atoms with E-state index in [2.05, 4.69) is 20.4 Å². The van der Waals surface area contributed by atoms with Gasteiger partial charge in [0.2, 0.25) is 0 Å². The summed E-state index contributed by atoms with van der Waals surface area (Å²) in [6.07, 6.45) is 0.850. The summed E-state index contributed by atoms with van der Waals surface area (Å²) >= 11 is 0. The normalized spacial score (nSPS) is 15.9. The fourth-order valence-corrected chi connectivity index (χ4v) is 3.83. The lowest BCUT2D eigenvalue weighted by Crippen LogP contribution is -2.37. The van der Waals surface area contributed by atoms with Gasteiger partial charge in [-0.3, -0.25) is 4.79 Å². The Morgan fingerprint density at radius 1 is 1.06 bits per heavy atom. The summed E-state index contributed by atoms with van der Waals surface area (Å²) in [4.78, 5) is 14.8. The number of nitrogens with one attached hydrogen (secondary N) is 1. The number of amides is 1. The third-order valence-corrected chi connectivity index (χ3v) is 5.46. The maximum atomic E-state index is 12.6. The highest BCUT2D eigenvalue weighted by Gasteiger charge is 2.26. The quantitative estimate of drug-likeness (QED) is 0.541. The first-order chi connectivity index (χ1) is 15.2. The van der Waals surface area contributed by atoms with E-state index in [0.717, 1.165) is 24.3 Å². The number of fused-ring (bicyclic) bond motifs is 1. The van der Waals surface area contributed by atoms with Crippen LogP contribution in [-0.4, -0.2) is 52.0 Å². The summed E-state index contributed by atoms with van der Waals surface area (Å²) in [6, 6.07) is 21.0. The Bertz CT molecular complexity index is 1220. The van der Waals surface area contributed by atoms with Crippen LogP contribution in [0.25, 0.3) is 17.0 Å². The third kappa shape index (κ3) is 3.79. The largest absolute Gasteiger partial charge is 0.497 e. The molecule has 0 bridgehead atoms. The minimum Gasteiger partial charge on any atom is -0.497 e. The molecular weight excluding hydrogens is 392 g/mol. The highest BCUT2D eigenvalue weighted by Crippen LogP contribution is 2.22. The highest BCUT2D eigenvalue weighted by atomic mass is 16.5. The van der Waals surface area contributed by atoms with Gasteiger partial charge in [-0.05, 0) is 36.8 Å². The molecule has 0 saturated carbocycles. The molecule has 4 aromatic rings. The first-order valence-corrected chi connectivity index (χ1v) is 10.2. The van der Waals surface area contributed by atoms with E-state index in [1.807, 2.05) is 54.6 Å². The van der Waals surface area contributed by atoms with Crippen LogP contribution in [0, 0.1) is 0 Å². The maximum Gasteiger partial charge on any atom is 0.251 e. The smallest absolute Gasteiger partial charge is 0.251 e. The van der Waals surface area contributed by atoms with E-state index >= 15 is 0 Å². The molecule has 2 aromatic heterocycles. The lowest BCUT2D eigenvalue weighted by Gasteiger charge is -2.18. The molecule has 156 valence electrons. The van der Waals surface area contributed by atoms with Crippen molar-refractivity contribution in [3.63, 3.8) is 0 Å². The molecule has 0 radical (unpaired) electrons. The van der Waals surface area contributed by atoms with Crippen LogP contribution in [0.5, 0.6) is 5.75 Å². The Morgan fingerprint density at radius 3 is 2.77 bits per heavy atom. The predicted octanol–water partition coefficient (Wildman–Crippen LogP) is 2.81. The number of rotatable bonds is 5. The molecule has 3 heterocycles. The average Bonchev–Trinajstić information content (AvgIpc) is 3.46. The number of ether oxygens (including phenoxy) is 1. The number of carbonyl (C=O) groups excluding carboxylic acids is 1. The van der Waals surface area contributed by atoms with E-state index in [1.54, 1.807) is 23.8 Å². The van der Waals surface area contributed by atoms with E-state index in [9.17, 15) is 4.79 Å². The Morgan fingerprint density at radius 2 is 1.94 bits per heavy atom. The third-order valence-electron chi connectivity index (χ3n) is 5.46. The topological polar surface area (TPSA) is 84.6 Å². The van der Waals surface area contributed by atoms with Crippen LogP contribution in [0.2, 0.25) is 0 Å². The summed E-state index contributed by atoms with van der Waals surface area (Å²) in [6.45, 7) is 1.50. The molecule has 5 rings (SSSR count). The monoisotopic (exact) mass is 414 g/mol. The number of benzene rings is 2. The van der Waals surface area contributed by atoms with Crippen molar-refractivity contribution in [1.82, 2.24) is 25.1 Å². The van der Waals surface area contributed by atoms with Gasteiger partial charge < -0.3 is 15.0 Å². The van der Waals surface area contributed by atoms with Crippen molar-refractivity contribution in [1.29, 1.82) is 0 Å². The van der Waals surface area contributed by atoms with Gasteiger partial charge >= 0.3 is 0 Å². The molecule has 1 aliphatic heterocycles. The van der Waals surface area contributed by atoms with Crippen LogP contribution in [-0.2, 0) is 0 Å². The Hall–Kier alpha value is -3.94. The van der Waals surface area contributed by atoms with Crippen molar-refractivity contribution in [2.75, 3.05) is 25.1 Å². The second kappa shape index (κ2) is 8.06. The van der Waals surface area contributed by atoms with Crippen molar-refractivity contribution in [3.8, 4) is 17.1 Å². The van der Waals surface area contributed by atoms with Crippen molar-refractivity contribution in [3.05, 3.63) is 72.3 Å². The molecule has 0 aliphatic carbocycles. The van der Waals surface area contributed by atoms with E-state index in [-0.39, 0.29) is 11.9 Å². The zero-order valence-electron chi connectivity index (χ0n) is 17.1. The lowest BCUT2D eigenvalue weighted by molar-refractivity contribution is 0.0940. The molecule has 1 fully saturated rings. The van der Waals surface area contributed by atoms with E-state index in [1.165, 1.54) is 0 Å². The van der Waals surface area contributed by atoms with Crippen LogP contribution >= 0.6 is 0 Å². The van der Waals surface area contributed by atoms with Gasteiger partial charge in [-0.25, -0.2) is 0 Å². The molecule has 1 atom stereocenters. The summed E-state index contributed by atoms with van der Waals surface area (Å²) < 4.78 is 6.98. The van der Waals surface area contributed by atoms with Gasteiger partial charge in [-0.1, -0.05) is 36.4 Å². The second-order valence-corrected chi connectivity index (χ2v) is 7.49. The van der Waals surface area contributed by atoms with Crippen LogP contribution in [0.3, 0.4) is 0 Å². The molecule has 8 heteroatoms. The Kier molecular flexibility index (Phi) is 4.95. The number of carbonyl (C=O) groups is 1. The number of anilines is 1. The number of nitrogens with zero attached hydrogens (tertiary/aromatic N) is 5. The van der Waals surface area contributed by atoms with Crippen LogP contribution in [0.15, 0.2) is 66.7 Å². The highest BCUT2D eigenvalue weighted by molar-refractivity contribution is 5.94. The fourth-order valence-electron chi connectivity index (χ4n) is 3.83. The fraction of sp³-hybridized carbons (Fsp3) is 0.217. The molecule has 1 saturated heterocycles. The molecular formula is C23H22N6O2. The van der Waals surface area contributed by atoms with Gasteiger partial charge in [0.1, 0.15) is 11.6 Å². The van der Waals surface area contributed by atoms with Gasteiger partial charge in [0.25, 0.3) is 5.91 Å². The number of hydrogen-bond acceptors (Lipinski definition) is 6. The summed E-state index contributed by atoms with van der Waals surface area (Å²) in [5.41, 5.74) is 2.25. The standard InChI is InChI=1S/C23H22N6O2/c1-31-19-9-5-8-17(14-19)23(30)24-18-12-13-28(15-18)21-11-10-20-25-26-22(29(20)27-21)16-6-3-2-4-7-16/h2-11,14,18H,12-13,15H2,1H3,(H,24,30). The zero-order valence-corrected chi connectivity index (χ0v) is 17.1. The van der Waals surface area contributed by atoms with Crippen molar-refractivity contribution >= 4 is 17.4 Å². The summed E-state index contributed by atoms with van der Waals surface area (Å²) in [7, 11) is 1.59. The number of hydrogen-bond donors (Lipinski definition) is 1. The molecule has 31 heavy (non-hydrogen) atoms. The molecule has 1 aliphatic rings. The van der Waals surface area contributed by atoms with Crippen molar-refractivity contribution in [2.24, 2.45) is 0 Å². The summed E-state index contributed by atoms with van der Waals surface area (Å²) in [5, 5.41) is 16.4. The van der Waals surface area contributed by atoms with Gasteiger partial charge in [-0.2, -0.15) is 4.52 Å². The average molecular weight is 414 g/mol. The summed E-state index contributed by atoms with van der Waals surface area (Å²) in [5.74, 6) is 2.11. The minimum absolute atomic E-state index is 0.0469. The maximum absolute atomic E-state index is 12.6. The first kappa shape index (κ1) is 19.0. The zero-order chi connectivity index (χ0) is 21.2. The van der Waals surface area contributed by atoms with E-state index < -0.39 is 0 Å². The number of aromatic nitrogens is 4. The van der Waals surface area contributed by atoms with Crippen LogP contribution in [0.4, 0.5) is 5.82 Å². The van der Waals surface area contributed by atoms with Gasteiger partial charge in [0, 0.05) is 30.3 Å². The van der Waals surface area contributed by atoms with E-state index in [4.69, 9.17) is 9.84 Å².